The van der Waals surface area contributed by atoms with E-state index in [2.05, 4.69) is 15.1 Å². The number of ether oxygens (including phenoxy) is 1. The topological polar surface area (TPSA) is 44.8 Å². The van der Waals surface area contributed by atoms with Gasteiger partial charge in [-0.05, 0) is 60.2 Å². The van der Waals surface area contributed by atoms with Crippen molar-refractivity contribution < 1.29 is 22.7 Å². The summed E-state index contributed by atoms with van der Waals surface area (Å²) < 4.78 is 45.9. The summed E-state index contributed by atoms with van der Waals surface area (Å²) in [5, 5.41) is 5.05. The van der Waals surface area contributed by atoms with Gasteiger partial charge in [0.2, 0.25) is 5.91 Å². The standard InChI is InChI=1S/C27H28F3N3O2S/c1-35-25-7-3-2-6-23(25)32-12-13-33-22-9-8-19(27(28,29)30)15-18(22)16-21(24(33)17-32)26(34)31-11-10-20-5-4-14-36-20/h2-9,14-15,21,24H,10-13,16-17H2,1H3,(H,31,34)/t21-,24+/m0/s1. The van der Waals surface area contributed by atoms with Crippen molar-refractivity contribution >= 4 is 28.6 Å². The molecule has 2 atom stereocenters. The molecule has 1 amide bonds. The molecule has 2 aromatic carbocycles. The predicted octanol–water partition coefficient (Wildman–Crippen LogP) is 5.00. The number of para-hydroxylation sites is 2. The average molecular weight is 516 g/mol. The van der Waals surface area contributed by atoms with Gasteiger partial charge in [-0.25, -0.2) is 0 Å². The molecular formula is C27H28F3N3O2S. The quantitative estimate of drug-likeness (QED) is 0.502. The highest BCUT2D eigenvalue weighted by atomic mass is 32.1. The molecule has 0 spiro atoms. The van der Waals surface area contributed by atoms with Crippen LogP contribution in [-0.2, 0) is 23.8 Å². The number of halogens is 3. The van der Waals surface area contributed by atoms with Gasteiger partial charge in [0.05, 0.1) is 30.3 Å². The molecule has 0 unspecified atom stereocenters. The Kier molecular flexibility index (Phi) is 6.83. The van der Waals surface area contributed by atoms with Crippen molar-refractivity contribution in [2.45, 2.75) is 25.1 Å². The van der Waals surface area contributed by atoms with Gasteiger partial charge in [0.15, 0.2) is 0 Å². The van der Waals surface area contributed by atoms with Gasteiger partial charge < -0.3 is 19.9 Å². The number of nitrogens with one attached hydrogen (secondary N) is 1. The Bertz CT molecular complexity index is 1220. The minimum Gasteiger partial charge on any atom is -0.495 e. The lowest BCUT2D eigenvalue weighted by Crippen LogP contribution is -2.61. The van der Waals surface area contributed by atoms with E-state index in [9.17, 15) is 18.0 Å². The molecule has 9 heteroatoms. The van der Waals surface area contributed by atoms with Gasteiger partial charge in [-0.1, -0.05) is 18.2 Å². The number of alkyl halides is 3. The van der Waals surface area contributed by atoms with Gasteiger partial charge in [0, 0.05) is 36.7 Å². The van der Waals surface area contributed by atoms with E-state index in [0.29, 0.717) is 31.7 Å². The number of piperazine rings is 1. The van der Waals surface area contributed by atoms with Crippen LogP contribution >= 0.6 is 11.3 Å². The van der Waals surface area contributed by atoms with Crippen molar-refractivity contribution in [1.82, 2.24) is 5.32 Å². The Hall–Kier alpha value is -3.20. The maximum Gasteiger partial charge on any atom is 0.416 e. The van der Waals surface area contributed by atoms with Crippen LogP contribution < -0.4 is 19.9 Å². The number of anilines is 2. The number of amides is 1. The van der Waals surface area contributed by atoms with Gasteiger partial charge in [0.1, 0.15) is 5.75 Å². The first-order valence-electron chi connectivity index (χ1n) is 12.0. The summed E-state index contributed by atoms with van der Waals surface area (Å²) in [6.07, 6.45) is -3.43. The van der Waals surface area contributed by atoms with Crippen LogP contribution in [0.3, 0.4) is 0 Å². The first-order valence-corrected chi connectivity index (χ1v) is 12.9. The lowest BCUT2D eigenvalue weighted by atomic mass is 9.82. The lowest BCUT2D eigenvalue weighted by Gasteiger charge is -2.49. The smallest absolute Gasteiger partial charge is 0.416 e. The highest BCUT2D eigenvalue weighted by Crippen LogP contribution is 2.41. The third-order valence-electron chi connectivity index (χ3n) is 7.05. The Balaban J connectivity index is 1.42. The Labute approximate surface area is 212 Å². The van der Waals surface area contributed by atoms with E-state index >= 15 is 0 Å². The maximum atomic E-state index is 13.4. The number of thiophene rings is 1. The van der Waals surface area contributed by atoms with Crippen LogP contribution in [-0.4, -0.2) is 45.2 Å². The van der Waals surface area contributed by atoms with Crippen LogP contribution in [0, 0.1) is 5.92 Å². The molecule has 0 radical (unpaired) electrons. The van der Waals surface area contributed by atoms with E-state index in [1.807, 2.05) is 41.8 Å². The number of nitrogens with zero attached hydrogens (tertiary/aromatic N) is 2. The number of methoxy groups -OCH3 is 1. The summed E-state index contributed by atoms with van der Waals surface area (Å²) >= 11 is 1.64. The third kappa shape index (κ3) is 4.89. The van der Waals surface area contributed by atoms with Gasteiger partial charge >= 0.3 is 6.18 Å². The molecule has 3 aromatic rings. The van der Waals surface area contributed by atoms with Crippen molar-refractivity contribution in [3.05, 3.63) is 76.0 Å². The molecule has 1 saturated heterocycles. The summed E-state index contributed by atoms with van der Waals surface area (Å²) in [5.41, 5.74) is 1.64. The fourth-order valence-electron chi connectivity index (χ4n) is 5.30. The number of hydrogen-bond acceptors (Lipinski definition) is 5. The summed E-state index contributed by atoms with van der Waals surface area (Å²) in [7, 11) is 1.63. The van der Waals surface area contributed by atoms with Gasteiger partial charge in [-0.15, -0.1) is 11.3 Å². The van der Waals surface area contributed by atoms with Gasteiger partial charge in [-0.3, -0.25) is 4.79 Å². The zero-order chi connectivity index (χ0) is 25.3. The zero-order valence-electron chi connectivity index (χ0n) is 19.9. The molecule has 5 nitrogen and oxygen atoms in total. The molecule has 2 aliphatic heterocycles. The second kappa shape index (κ2) is 10.0. The fourth-order valence-corrected chi connectivity index (χ4v) is 6.01. The lowest BCUT2D eigenvalue weighted by molar-refractivity contribution is -0.137. The van der Waals surface area contributed by atoms with Crippen LogP contribution in [0.2, 0.25) is 0 Å². The molecule has 1 N–H and O–H groups in total. The molecule has 0 saturated carbocycles. The van der Waals surface area contributed by atoms with Gasteiger partial charge in [-0.2, -0.15) is 13.2 Å². The van der Waals surface area contributed by atoms with Crippen LogP contribution in [0.1, 0.15) is 16.0 Å². The third-order valence-corrected chi connectivity index (χ3v) is 7.99. The fraction of sp³-hybridized carbons (Fsp3) is 0.370. The molecular weight excluding hydrogens is 487 g/mol. The number of hydrogen-bond donors (Lipinski definition) is 1. The molecule has 36 heavy (non-hydrogen) atoms. The summed E-state index contributed by atoms with van der Waals surface area (Å²) in [6.45, 7) is 2.34. The van der Waals surface area contributed by atoms with Crippen LogP contribution in [0.15, 0.2) is 60.0 Å². The number of rotatable bonds is 6. The van der Waals surface area contributed by atoms with E-state index in [4.69, 9.17) is 4.74 Å². The second-order valence-electron chi connectivity index (χ2n) is 9.15. The molecule has 1 fully saturated rings. The minimum absolute atomic E-state index is 0.119. The minimum atomic E-state index is -4.42. The zero-order valence-corrected chi connectivity index (χ0v) is 20.7. The summed E-state index contributed by atoms with van der Waals surface area (Å²) in [4.78, 5) is 18.9. The molecule has 2 aliphatic rings. The van der Waals surface area contributed by atoms with Crippen molar-refractivity contribution in [2.24, 2.45) is 5.92 Å². The first-order chi connectivity index (χ1) is 17.3. The molecule has 0 bridgehead atoms. The number of benzene rings is 2. The summed E-state index contributed by atoms with van der Waals surface area (Å²) in [6, 6.07) is 15.5. The Morgan fingerprint density at radius 2 is 1.94 bits per heavy atom. The Morgan fingerprint density at radius 1 is 1.11 bits per heavy atom. The number of carbonyl (C=O) groups is 1. The molecule has 3 heterocycles. The summed E-state index contributed by atoms with van der Waals surface area (Å²) in [5.74, 6) is 0.169. The van der Waals surface area contributed by atoms with E-state index in [1.165, 1.54) is 10.9 Å². The maximum absolute atomic E-state index is 13.4. The second-order valence-corrected chi connectivity index (χ2v) is 10.2. The first kappa shape index (κ1) is 24.5. The van der Waals surface area contributed by atoms with E-state index in [1.54, 1.807) is 24.5 Å². The largest absolute Gasteiger partial charge is 0.495 e. The van der Waals surface area contributed by atoms with Crippen LogP contribution in [0.5, 0.6) is 5.75 Å². The van der Waals surface area contributed by atoms with E-state index < -0.39 is 17.7 Å². The molecule has 0 aliphatic carbocycles. The monoisotopic (exact) mass is 515 g/mol. The van der Waals surface area contributed by atoms with Gasteiger partial charge in [0.25, 0.3) is 0 Å². The predicted molar refractivity (Wildman–Crippen MR) is 136 cm³/mol. The van der Waals surface area contributed by atoms with E-state index in [0.717, 1.165) is 29.6 Å². The Morgan fingerprint density at radius 3 is 2.69 bits per heavy atom. The van der Waals surface area contributed by atoms with Crippen LogP contribution in [0.4, 0.5) is 24.5 Å². The molecule has 5 rings (SSSR count). The normalized spacial score (nSPS) is 19.4. The van der Waals surface area contributed by atoms with Crippen molar-refractivity contribution in [1.29, 1.82) is 0 Å². The van der Waals surface area contributed by atoms with Crippen molar-refractivity contribution in [3.63, 3.8) is 0 Å². The molecule has 1 aromatic heterocycles. The number of fused-ring (bicyclic) bond motifs is 3. The molecule has 190 valence electrons. The highest BCUT2D eigenvalue weighted by Gasteiger charge is 2.43. The highest BCUT2D eigenvalue weighted by molar-refractivity contribution is 7.09. The van der Waals surface area contributed by atoms with Crippen molar-refractivity contribution in [3.8, 4) is 5.75 Å². The average Bonchev–Trinajstić information content (AvgIpc) is 3.40. The van der Waals surface area contributed by atoms with Crippen LogP contribution in [0.25, 0.3) is 0 Å². The SMILES string of the molecule is COc1ccccc1N1CCN2c3ccc(C(F)(F)F)cc3C[C@H](C(=O)NCCc3cccs3)[C@H]2C1. The van der Waals surface area contributed by atoms with E-state index in [-0.39, 0.29) is 18.4 Å². The number of carbonyl (C=O) groups excluding carboxylic acids is 1. The van der Waals surface area contributed by atoms with Crippen molar-refractivity contribution in [2.75, 3.05) is 43.1 Å².